The second kappa shape index (κ2) is 8.86. The largest absolute Gasteiger partial charge is 0.467 e. The predicted molar refractivity (Wildman–Crippen MR) is 115 cm³/mol. The maximum atomic E-state index is 12.5. The van der Waals surface area contributed by atoms with Gasteiger partial charge in [0, 0.05) is 18.8 Å². The van der Waals surface area contributed by atoms with Crippen LogP contribution in [0, 0.1) is 0 Å². The summed E-state index contributed by atoms with van der Waals surface area (Å²) < 4.78 is 5.64. The summed E-state index contributed by atoms with van der Waals surface area (Å²) in [6.07, 6.45) is 2.57. The van der Waals surface area contributed by atoms with E-state index in [4.69, 9.17) is 4.42 Å². The van der Waals surface area contributed by atoms with Crippen molar-refractivity contribution in [1.29, 1.82) is 0 Å². The zero-order valence-electron chi connectivity index (χ0n) is 16.9. The molecule has 0 saturated heterocycles. The summed E-state index contributed by atoms with van der Waals surface area (Å²) in [5.74, 6) is -0.543. The average molecular weight is 403 g/mol. The first-order chi connectivity index (χ1) is 14.6. The highest BCUT2D eigenvalue weighted by atomic mass is 16.3. The average Bonchev–Trinajstić information content (AvgIpc) is 3.45. The smallest absolute Gasteiger partial charge is 0.309 e. The van der Waals surface area contributed by atoms with Crippen LogP contribution in [0.25, 0.3) is 0 Å². The number of carbonyl (C=O) groups excluding carboxylic acids is 2. The number of fused-ring (bicyclic) bond motifs is 1. The topological polar surface area (TPSA) is 74.6 Å². The van der Waals surface area contributed by atoms with Gasteiger partial charge in [0.15, 0.2) is 0 Å². The minimum Gasteiger partial charge on any atom is -0.467 e. The van der Waals surface area contributed by atoms with E-state index in [2.05, 4.69) is 27.7 Å². The van der Waals surface area contributed by atoms with Crippen LogP contribution in [-0.4, -0.2) is 24.9 Å². The Kier molecular flexibility index (Phi) is 5.84. The zero-order chi connectivity index (χ0) is 20.9. The molecule has 30 heavy (non-hydrogen) atoms. The first kappa shape index (κ1) is 19.8. The van der Waals surface area contributed by atoms with Crippen molar-refractivity contribution in [3.8, 4) is 0 Å². The van der Waals surface area contributed by atoms with E-state index in [1.165, 1.54) is 5.56 Å². The molecule has 4 rings (SSSR count). The highest BCUT2D eigenvalue weighted by Gasteiger charge is 2.29. The van der Waals surface area contributed by atoms with E-state index >= 15 is 0 Å². The highest BCUT2D eigenvalue weighted by Crippen LogP contribution is 2.34. The van der Waals surface area contributed by atoms with Crippen molar-refractivity contribution < 1.29 is 14.0 Å². The van der Waals surface area contributed by atoms with E-state index in [1.807, 2.05) is 61.5 Å². The first-order valence-corrected chi connectivity index (χ1v) is 10.1. The number of hydrogen-bond acceptors (Lipinski definition) is 4. The van der Waals surface area contributed by atoms with E-state index in [0.29, 0.717) is 0 Å². The lowest BCUT2D eigenvalue weighted by Gasteiger charge is -2.29. The SMILES string of the molecule is CC(NC(=O)C(=O)NCC(c1ccco1)N1CCc2ccccc21)c1ccccc1. The molecule has 0 bridgehead atoms. The fourth-order valence-corrected chi connectivity index (χ4v) is 3.89. The molecule has 154 valence electrons. The van der Waals surface area contributed by atoms with Crippen molar-refractivity contribution in [2.75, 3.05) is 18.0 Å². The van der Waals surface area contributed by atoms with Crippen LogP contribution in [0.2, 0.25) is 0 Å². The van der Waals surface area contributed by atoms with Crippen molar-refractivity contribution in [2.45, 2.75) is 25.4 Å². The van der Waals surface area contributed by atoms with Crippen molar-refractivity contribution >= 4 is 17.5 Å². The minimum absolute atomic E-state index is 0.188. The van der Waals surface area contributed by atoms with Gasteiger partial charge in [-0.25, -0.2) is 0 Å². The van der Waals surface area contributed by atoms with Gasteiger partial charge < -0.3 is 20.0 Å². The Morgan fingerprint density at radius 2 is 1.77 bits per heavy atom. The van der Waals surface area contributed by atoms with Gasteiger partial charge in [0.25, 0.3) is 0 Å². The summed E-state index contributed by atoms with van der Waals surface area (Å²) in [6.45, 7) is 2.96. The van der Waals surface area contributed by atoms with E-state index in [1.54, 1.807) is 6.26 Å². The second-order valence-corrected chi connectivity index (χ2v) is 7.42. The summed E-state index contributed by atoms with van der Waals surface area (Å²) in [5, 5.41) is 5.53. The van der Waals surface area contributed by atoms with Gasteiger partial charge in [-0.2, -0.15) is 0 Å². The lowest BCUT2D eigenvalue weighted by Crippen LogP contribution is -2.44. The second-order valence-electron chi connectivity index (χ2n) is 7.42. The van der Waals surface area contributed by atoms with E-state index < -0.39 is 11.8 Å². The number of furan rings is 1. The van der Waals surface area contributed by atoms with Crippen LogP contribution in [0.15, 0.2) is 77.4 Å². The Balaban J connectivity index is 1.42. The number of rotatable bonds is 6. The molecule has 2 heterocycles. The number of anilines is 1. The molecule has 2 atom stereocenters. The predicted octanol–water partition coefficient (Wildman–Crippen LogP) is 3.38. The lowest BCUT2D eigenvalue weighted by atomic mass is 10.1. The Bertz CT molecular complexity index is 1000. The fraction of sp³-hybridized carbons (Fsp3) is 0.250. The minimum atomic E-state index is -0.651. The molecule has 1 aromatic heterocycles. The van der Waals surface area contributed by atoms with Crippen LogP contribution >= 0.6 is 0 Å². The van der Waals surface area contributed by atoms with Gasteiger partial charge in [-0.05, 0) is 42.7 Å². The van der Waals surface area contributed by atoms with Crippen molar-refractivity contribution in [3.63, 3.8) is 0 Å². The van der Waals surface area contributed by atoms with Crippen LogP contribution in [0.1, 0.15) is 35.9 Å². The van der Waals surface area contributed by atoms with Crippen LogP contribution in [0.5, 0.6) is 0 Å². The van der Waals surface area contributed by atoms with E-state index in [-0.39, 0.29) is 18.6 Å². The zero-order valence-corrected chi connectivity index (χ0v) is 16.9. The van der Waals surface area contributed by atoms with Crippen LogP contribution in [-0.2, 0) is 16.0 Å². The van der Waals surface area contributed by atoms with Gasteiger partial charge in [0.1, 0.15) is 11.8 Å². The molecule has 0 spiro atoms. The molecule has 3 aromatic rings. The normalized spacial score (nSPS) is 14.6. The summed E-state index contributed by atoms with van der Waals surface area (Å²) in [5.41, 5.74) is 3.35. The monoisotopic (exact) mass is 403 g/mol. The maximum Gasteiger partial charge on any atom is 0.309 e. The third-order valence-electron chi connectivity index (χ3n) is 5.48. The van der Waals surface area contributed by atoms with E-state index in [0.717, 1.165) is 30.0 Å². The molecule has 2 N–H and O–H groups in total. The number of benzene rings is 2. The molecule has 0 aliphatic carbocycles. The molecule has 2 unspecified atom stereocenters. The molecule has 0 saturated carbocycles. The molecule has 0 radical (unpaired) electrons. The molecule has 2 amide bonds. The fourth-order valence-electron chi connectivity index (χ4n) is 3.89. The standard InChI is InChI=1S/C24H25N3O3/c1-17(18-8-3-2-4-9-18)26-24(29)23(28)25-16-21(22-12-7-15-30-22)27-14-13-19-10-5-6-11-20(19)27/h2-12,15,17,21H,13-14,16H2,1H3,(H,25,28)(H,26,29). The highest BCUT2D eigenvalue weighted by molar-refractivity contribution is 6.35. The number of nitrogens with zero attached hydrogens (tertiary/aromatic N) is 1. The molecular weight excluding hydrogens is 378 g/mol. The Morgan fingerprint density at radius 1 is 1.00 bits per heavy atom. The quantitative estimate of drug-likeness (QED) is 0.619. The number of amides is 2. The first-order valence-electron chi connectivity index (χ1n) is 10.1. The Hall–Kier alpha value is -3.54. The summed E-state index contributed by atoms with van der Waals surface area (Å²) >= 11 is 0. The van der Waals surface area contributed by atoms with Gasteiger partial charge in [0.05, 0.1) is 12.3 Å². The van der Waals surface area contributed by atoms with Crippen LogP contribution in [0.4, 0.5) is 5.69 Å². The number of carbonyl (C=O) groups is 2. The van der Waals surface area contributed by atoms with Gasteiger partial charge in [-0.1, -0.05) is 48.5 Å². The molecule has 0 fully saturated rings. The third kappa shape index (κ3) is 4.22. The number of nitrogens with one attached hydrogen (secondary N) is 2. The number of hydrogen-bond donors (Lipinski definition) is 2. The lowest BCUT2D eigenvalue weighted by molar-refractivity contribution is -0.139. The molecule has 1 aliphatic heterocycles. The molecule has 6 heteroatoms. The molecule has 6 nitrogen and oxygen atoms in total. The summed E-state index contributed by atoms with van der Waals surface area (Å²) in [7, 11) is 0. The van der Waals surface area contributed by atoms with Crippen LogP contribution < -0.4 is 15.5 Å². The van der Waals surface area contributed by atoms with E-state index in [9.17, 15) is 9.59 Å². The molecular formula is C24H25N3O3. The number of para-hydroxylation sites is 1. The van der Waals surface area contributed by atoms with Gasteiger partial charge in [0.2, 0.25) is 0 Å². The molecule has 1 aliphatic rings. The Labute approximate surface area is 175 Å². The third-order valence-corrected chi connectivity index (χ3v) is 5.48. The van der Waals surface area contributed by atoms with Crippen LogP contribution in [0.3, 0.4) is 0 Å². The maximum absolute atomic E-state index is 12.5. The summed E-state index contributed by atoms with van der Waals surface area (Å²) in [6, 6.07) is 21.1. The van der Waals surface area contributed by atoms with Crippen molar-refractivity contribution in [2.24, 2.45) is 0 Å². The van der Waals surface area contributed by atoms with Crippen molar-refractivity contribution in [3.05, 3.63) is 89.9 Å². The van der Waals surface area contributed by atoms with Crippen molar-refractivity contribution in [1.82, 2.24) is 10.6 Å². The van der Waals surface area contributed by atoms with Gasteiger partial charge >= 0.3 is 11.8 Å². The van der Waals surface area contributed by atoms with Gasteiger partial charge in [-0.3, -0.25) is 9.59 Å². The Morgan fingerprint density at radius 3 is 2.53 bits per heavy atom. The molecule has 2 aromatic carbocycles. The summed E-state index contributed by atoms with van der Waals surface area (Å²) in [4.78, 5) is 27.1. The van der Waals surface area contributed by atoms with Gasteiger partial charge in [-0.15, -0.1) is 0 Å².